The molecule has 0 unspecified atom stereocenters. The van der Waals surface area contributed by atoms with Crippen LogP contribution in [0.15, 0.2) is 6.08 Å². The van der Waals surface area contributed by atoms with E-state index in [9.17, 15) is 9.59 Å². The highest BCUT2D eigenvalue weighted by molar-refractivity contribution is 5.91. The number of carbonyl (C=O) groups is 2. The molecule has 5 nitrogen and oxygen atoms in total. The van der Waals surface area contributed by atoms with Crippen LogP contribution in [-0.4, -0.2) is 30.1 Å². The molecular formula is C15H21NO4. The van der Waals surface area contributed by atoms with Gasteiger partial charge in [0.05, 0.1) is 19.6 Å². The molecule has 0 atom stereocenters. The molecule has 0 fully saturated rings. The van der Waals surface area contributed by atoms with Crippen molar-refractivity contribution in [2.45, 2.75) is 34.1 Å². The fourth-order valence-corrected chi connectivity index (χ4v) is 1.91. The average molecular weight is 279 g/mol. The van der Waals surface area contributed by atoms with Crippen LogP contribution in [0.4, 0.5) is 0 Å². The van der Waals surface area contributed by atoms with E-state index in [0.717, 1.165) is 16.8 Å². The van der Waals surface area contributed by atoms with Crippen LogP contribution in [-0.2, 0) is 14.3 Å². The van der Waals surface area contributed by atoms with E-state index in [0.29, 0.717) is 18.9 Å². The van der Waals surface area contributed by atoms with Gasteiger partial charge in [0.25, 0.3) is 0 Å². The quantitative estimate of drug-likeness (QED) is 0.813. The molecule has 0 aromatic carbocycles. The van der Waals surface area contributed by atoms with Crippen LogP contribution in [0.3, 0.4) is 0 Å². The Morgan fingerprint density at radius 1 is 1.15 bits per heavy atom. The molecule has 110 valence electrons. The van der Waals surface area contributed by atoms with Gasteiger partial charge in [0.2, 0.25) is 0 Å². The summed E-state index contributed by atoms with van der Waals surface area (Å²) in [6, 6.07) is 0. The Hall–Kier alpha value is -2.04. The number of nitrogens with one attached hydrogen (secondary N) is 1. The van der Waals surface area contributed by atoms with Crippen molar-refractivity contribution in [2.75, 3.05) is 13.2 Å². The summed E-state index contributed by atoms with van der Waals surface area (Å²) in [5, 5.41) is 0. The summed E-state index contributed by atoms with van der Waals surface area (Å²) in [5.74, 6) is -0.627. The van der Waals surface area contributed by atoms with Crippen LogP contribution in [0.25, 0.3) is 6.08 Å². The van der Waals surface area contributed by atoms with Crippen molar-refractivity contribution < 1.29 is 19.1 Å². The van der Waals surface area contributed by atoms with Crippen LogP contribution in [0.5, 0.6) is 0 Å². The first kappa shape index (κ1) is 16.0. The van der Waals surface area contributed by atoms with E-state index in [1.54, 1.807) is 19.9 Å². The fourth-order valence-electron chi connectivity index (χ4n) is 1.91. The Kier molecular flexibility index (Phi) is 6.03. The number of aromatic amines is 1. The molecule has 0 radical (unpaired) electrons. The molecule has 1 aromatic heterocycles. The second-order valence-electron chi connectivity index (χ2n) is 4.30. The summed E-state index contributed by atoms with van der Waals surface area (Å²) in [5.41, 5.74) is 3.05. The number of hydrogen-bond acceptors (Lipinski definition) is 4. The highest BCUT2D eigenvalue weighted by atomic mass is 16.5. The number of esters is 2. The summed E-state index contributed by atoms with van der Waals surface area (Å²) in [6.45, 7) is 7.97. The van der Waals surface area contributed by atoms with Crippen molar-refractivity contribution in [3.63, 3.8) is 0 Å². The summed E-state index contributed by atoms with van der Waals surface area (Å²) in [7, 11) is 0. The normalized spacial score (nSPS) is 10.8. The largest absolute Gasteiger partial charge is 0.466 e. The lowest BCUT2D eigenvalue weighted by atomic mass is 10.1. The second kappa shape index (κ2) is 7.53. The number of ether oxygens (including phenoxy) is 2. The van der Waals surface area contributed by atoms with E-state index >= 15 is 0 Å². The summed E-state index contributed by atoms with van der Waals surface area (Å²) in [6.07, 6.45) is 3.77. The maximum atomic E-state index is 11.7. The molecule has 0 saturated heterocycles. The molecule has 0 aliphatic carbocycles. The fraction of sp³-hybridized carbons (Fsp3) is 0.467. The van der Waals surface area contributed by atoms with Crippen LogP contribution in [0, 0.1) is 13.8 Å². The Labute approximate surface area is 119 Å². The molecule has 0 spiro atoms. The second-order valence-corrected chi connectivity index (χ2v) is 4.30. The summed E-state index contributed by atoms with van der Waals surface area (Å²) in [4.78, 5) is 26.0. The molecule has 0 saturated carbocycles. The predicted molar refractivity (Wildman–Crippen MR) is 76.5 cm³/mol. The van der Waals surface area contributed by atoms with Crippen LogP contribution in [0.1, 0.15) is 47.6 Å². The first-order valence-electron chi connectivity index (χ1n) is 6.69. The minimum absolute atomic E-state index is 0.215. The SMILES string of the molecule is CCOC(=O)CC=Cc1c(C)[nH]c(C(=O)OCC)c1C. The zero-order valence-electron chi connectivity index (χ0n) is 12.4. The highest BCUT2D eigenvalue weighted by Crippen LogP contribution is 2.20. The Morgan fingerprint density at radius 3 is 2.40 bits per heavy atom. The molecule has 1 rings (SSSR count). The average Bonchev–Trinajstić information content (AvgIpc) is 2.67. The lowest BCUT2D eigenvalue weighted by Crippen LogP contribution is -2.06. The Morgan fingerprint density at radius 2 is 1.80 bits per heavy atom. The van der Waals surface area contributed by atoms with E-state index in [4.69, 9.17) is 9.47 Å². The summed E-state index contributed by atoms with van der Waals surface area (Å²) >= 11 is 0. The van der Waals surface area contributed by atoms with Gasteiger partial charge < -0.3 is 14.5 Å². The zero-order valence-corrected chi connectivity index (χ0v) is 12.4. The van der Waals surface area contributed by atoms with Crippen molar-refractivity contribution in [1.29, 1.82) is 0 Å². The molecular weight excluding hydrogens is 258 g/mol. The topological polar surface area (TPSA) is 68.4 Å². The van der Waals surface area contributed by atoms with Crippen molar-refractivity contribution >= 4 is 18.0 Å². The number of hydrogen-bond donors (Lipinski definition) is 1. The van der Waals surface area contributed by atoms with Gasteiger partial charge in [-0.1, -0.05) is 12.2 Å². The number of carbonyl (C=O) groups excluding carboxylic acids is 2. The Balaban J connectivity index is 2.83. The van der Waals surface area contributed by atoms with E-state index in [2.05, 4.69) is 4.98 Å². The van der Waals surface area contributed by atoms with Gasteiger partial charge in [-0.2, -0.15) is 0 Å². The van der Waals surface area contributed by atoms with Crippen molar-refractivity contribution in [1.82, 2.24) is 4.98 Å². The van der Waals surface area contributed by atoms with Gasteiger partial charge in [-0.25, -0.2) is 4.79 Å². The number of aromatic nitrogens is 1. The highest BCUT2D eigenvalue weighted by Gasteiger charge is 2.16. The zero-order chi connectivity index (χ0) is 15.1. The minimum Gasteiger partial charge on any atom is -0.466 e. The van der Waals surface area contributed by atoms with Gasteiger partial charge in [-0.05, 0) is 38.8 Å². The molecule has 1 heterocycles. The lowest BCUT2D eigenvalue weighted by Gasteiger charge is -2.00. The third kappa shape index (κ3) is 3.98. The van der Waals surface area contributed by atoms with Gasteiger partial charge in [0.1, 0.15) is 5.69 Å². The standard InChI is InChI=1S/C15H21NO4/c1-5-19-13(17)9-7-8-12-10(3)14(16-11(12)4)15(18)20-6-2/h7-8,16H,5-6,9H2,1-4H3. The van der Waals surface area contributed by atoms with Crippen molar-refractivity contribution in [3.8, 4) is 0 Å². The van der Waals surface area contributed by atoms with Gasteiger partial charge in [0.15, 0.2) is 0 Å². The van der Waals surface area contributed by atoms with E-state index in [1.807, 2.05) is 19.9 Å². The molecule has 0 aliphatic rings. The third-order valence-electron chi connectivity index (χ3n) is 2.85. The van der Waals surface area contributed by atoms with Crippen molar-refractivity contribution in [2.24, 2.45) is 0 Å². The maximum absolute atomic E-state index is 11.7. The van der Waals surface area contributed by atoms with Crippen LogP contribution < -0.4 is 0 Å². The van der Waals surface area contributed by atoms with Crippen LogP contribution >= 0.6 is 0 Å². The molecule has 20 heavy (non-hydrogen) atoms. The number of aryl methyl sites for hydroxylation is 1. The van der Waals surface area contributed by atoms with E-state index in [-0.39, 0.29) is 18.4 Å². The molecule has 0 bridgehead atoms. The number of H-pyrrole nitrogens is 1. The molecule has 1 aromatic rings. The Bertz CT molecular complexity index is 514. The molecule has 0 amide bonds. The first-order chi connectivity index (χ1) is 9.51. The first-order valence-corrected chi connectivity index (χ1v) is 6.69. The number of rotatable bonds is 6. The minimum atomic E-state index is -0.363. The molecule has 0 aliphatic heterocycles. The third-order valence-corrected chi connectivity index (χ3v) is 2.85. The smallest absolute Gasteiger partial charge is 0.355 e. The van der Waals surface area contributed by atoms with Gasteiger partial charge in [0, 0.05) is 5.69 Å². The summed E-state index contributed by atoms with van der Waals surface area (Å²) < 4.78 is 9.83. The van der Waals surface area contributed by atoms with E-state index < -0.39 is 0 Å². The molecule has 1 N–H and O–H groups in total. The van der Waals surface area contributed by atoms with Gasteiger partial charge in [-0.3, -0.25) is 4.79 Å². The maximum Gasteiger partial charge on any atom is 0.355 e. The lowest BCUT2D eigenvalue weighted by molar-refractivity contribution is -0.142. The van der Waals surface area contributed by atoms with Gasteiger partial charge in [-0.15, -0.1) is 0 Å². The monoisotopic (exact) mass is 279 g/mol. The molecule has 5 heteroatoms. The van der Waals surface area contributed by atoms with Gasteiger partial charge >= 0.3 is 11.9 Å². The van der Waals surface area contributed by atoms with Crippen molar-refractivity contribution in [3.05, 3.63) is 28.6 Å². The predicted octanol–water partition coefficient (Wildman–Crippen LogP) is 2.77. The van der Waals surface area contributed by atoms with E-state index in [1.165, 1.54) is 0 Å². The van der Waals surface area contributed by atoms with Crippen LogP contribution in [0.2, 0.25) is 0 Å².